The number of rotatable bonds is 1. The van der Waals surface area contributed by atoms with Crippen molar-refractivity contribution in [3.63, 3.8) is 0 Å². The maximum absolute atomic E-state index is 12.6. The summed E-state index contributed by atoms with van der Waals surface area (Å²) in [7, 11) is 0. The molecule has 2 unspecified atom stereocenters. The lowest BCUT2D eigenvalue weighted by Gasteiger charge is -2.27. The number of fused-ring (bicyclic) bond motifs is 2. The molecular weight excluding hydrogens is 305 g/mol. The number of amides is 1. The van der Waals surface area contributed by atoms with E-state index in [4.69, 9.17) is 0 Å². The second-order valence-corrected chi connectivity index (χ2v) is 5.71. The van der Waals surface area contributed by atoms with Crippen LogP contribution in [0.15, 0.2) is 5.51 Å². The van der Waals surface area contributed by atoms with E-state index in [1.807, 2.05) is 6.92 Å². The van der Waals surface area contributed by atoms with Crippen molar-refractivity contribution < 1.29 is 4.79 Å². The highest BCUT2D eigenvalue weighted by Crippen LogP contribution is 2.30. The molecule has 2 saturated heterocycles. The Morgan fingerprint density at radius 2 is 2.11 bits per heavy atom. The molecule has 2 aliphatic heterocycles. The van der Waals surface area contributed by atoms with E-state index in [0.717, 1.165) is 42.9 Å². The Morgan fingerprint density at radius 1 is 1.37 bits per heavy atom. The number of aromatic nitrogens is 1. The van der Waals surface area contributed by atoms with Crippen LogP contribution in [0.5, 0.6) is 0 Å². The number of hydrogen-bond donors (Lipinski definition) is 1. The number of thiazole rings is 1. The number of hydrogen-bond acceptors (Lipinski definition) is 4. The Balaban J connectivity index is 0.000000902. The third-order valence-corrected chi connectivity index (χ3v) is 4.75. The molecule has 2 bridgehead atoms. The van der Waals surface area contributed by atoms with Crippen molar-refractivity contribution >= 4 is 42.1 Å². The average Bonchev–Trinajstić information content (AvgIpc) is 2.81. The fourth-order valence-corrected chi connectivity index (χ4v) is 3.68. The van der Waals surface area contributed by atoms with Crippen LogP contribution in [-0.4, -0.2) is 41.0 Å². The van der Waals surface area contributed by atoms with E-state index < -0.39 is 0 Å². The molecule has 0 spiro atoms. The standard InChI is InChI=1S/C12H17N3OS.2ClH/c1-8-11(17-7-14-8)12(16)15-9-2-3-10(15)6-13-5-4-9;;/h7,9-10,13H,2-6H2,1H3;2*1H. The van der Waals surface area contributed by atoms with Gasteiger partial charge in [0.2, 0.25) is 0 Å². The first-order valence-electron chi connectivity index (χ1n) is 6.21. The van der Waals surface area contributed by atoms with Crippen LogP contribution in [0.25, 0.3) is 0 Å². The van der Waals surface area contributed by atoms with Gasteiger partial charge in [0.15, 0.2) is 0 Å². The van der Waals surface area contributed by atoms with Crippen LogP contribution < -0.4 is 5.32 Å². The molecule has 1 aromatic heterocycles. The maximum Gasteiger partial charge on any atom is 0.266 e. The zero-order chi connectivity index (χ0) is 11.8. The predicted molar refractivity (Wildman–Crippen MR) is 81.8 cm³/mol. The van der Waals surface area contributed by atoms with Crippen LogP contribution in [0.1, 0.15) is 34.6 Å². The van der Waals surface area contributed by atoms with Gasteiger partial charge in [-0.2, -0.15) is 0 Å². The van der Waals surface area contributed by atoms with Gasteiger partial charge in [0, 0.05) is 18.6 Å². The third kappa shape index (κ3) is 3.05. The maximum atomic E-state index is 12.6. The fourth-order valence-electron chi connectivity index (χ4n) is 2.94. The van der Waals surface area contributed by atoms with Crippen LogP contribution in [0.4, 0.5) is 0 Å². The summed E-state index contributed by atoms with van der Waals surface area (Å²) >= 11 is 1.47. The molecular formula is C12H19Cl2N3OS. The van der Waals surface area contributed by atoms with Crippen molar-refractivity contribution in [2.24, 2.45) is 0 Å². The minimum Gasteiger partial charge on any atom is -0.331 e. The number of nitrogens with zero attached hydrogens (tertiary/aromatic N) is 2. The summed E-state index contributed by atoms with van der Waals surface area (Å²) in [6, 6.07) is 0.820. The Labute approximate surface area is 129 Å². The van der Waals surface area contributed by atoms with Gasteiger partial charge in [-0.3, -0.25) is 4.79 Å². The smallest absolute Gasteiger partial charge is 0.266 e. The molecule has 1 aromatic rings. The number of carbonyl (C=O) groups excluding carboxylic acids is 1. The van der Waals surface area contributed by atoms with Gasteiger partial charge in [0.05, 0.1) is 11.2 Å². The van der Waals surface area contributed by atoms with Crippen LogP contribution in [0, 0.1) is 6.92 Å². The third-order valence-electron chi connectivity index (χ3n) is 3.83. The van der Waals surface area contributed by atoms with E-state index in [1.54, 1.807) is 5.51 Å². The Morgan fingerprint density at radius 3 is 2.79 bits per heavy atom. The molecule has 0 aliphatic carbocycles. The van der Waals surface area contributed by atoms with Crippen molar-refractivity contribution in [3.8, 4) is 0 Å². The molecule has 7 heteroatoms. The Bertz CT molecular complexity index is 426. The minimum atomic E-state index is 0. The largest absolute Gasteiger partial charge is 0.331 e. The van der Waals surface area contributed by atoms with E-state index in [-0.39, 0.29) is 30.7 Å². The van der Waals surface area contributed by atoms with Crippen molar-refractivity contribution in [2.45, 2.75) is 38.3 Å². The molecule has 1 N–H and O–H groups in total. The molecule has 2 aliphatic rings. The Kier molecular flexibility index (Phi) is 6.05. The summed E-state index contributed by atoms with van der Waals surface area (Å²) in [5, 5.41) is 3.42. The average molecular weight is 324 g/mol. The van der Waals surface area contributed by atoms with Gasteiger partial charge in [-0.15, -0.1) is 36.2 Å². The highest BCUT2D eigenvalue weighted by Gasteiger charge is 2.39. The molecule has 0 radical (unpaired) electrons. The molecule has 0 aromatic carbocycles. The summed E-state index contributed by atoms with van der Waals surface area (Å²) in [6.45, 7) is 3.90. The van der Waals surface area contributed by atoms with Gasteiger partial charge in [0.1, 0.15) is 4.88 Å². The molecule has 19 heavy (non-hydrogen) atoms. The zero-order valence-electron chi connectivity index (χ0n) is 10.8. The lowest BCUT2D eigenvalue weighted by atomic mass is 10.1. The van der Waals surface area contributed by atoms with E-state index >= 15 is 0 Å². The van der Waals surface area contributed by atoms with Crippen molar-refractivity contribution in [1.29, 1.82) is 0 Å². The first kappa shape index (κ1) is 16.7. The van der Waals surface area contributed by atoms with Gasteiger partial charge in [-0.25, -0.2) is 4.98 Å². The molecule has 4 nitrogen and oxygen atoms in total. The van der Waals surface area contributed by atoms with E-state index in [2.05, 4.69) is 15.2 Å². The van der Waals surface area contributed by atoms with E-state index in [1.165, 1.54) is 11.3 Å². The summed E-state index contributed by atoms with van der Waals surface area (Å²) in [5.41, 5.74) is 2.64. The molecule has 3 heterocycles. The highest BCUT2D eigenvalue weighted by molar-refractivity contribution is 7.11. The number of halogens is 2. The van der Waals surface area contributed by atoms with Crippen LogP contribution in [-0.2, 0) is 0 Å². The molecule has 108 valence electrons. The van der Waals surface area contributed by atoms with Crippen LogP contribution in [0.3, 0.4) is 0 Å². The van der Waals surface area contributed by atoms with Crippen molar-refractivity contribution in [2.75, 3.05) is 13.1 Å². The number of aryl methyl sites for hydroxylation is 1. The normalized spacial score (nSPS) is 25.2. The summed E-state index contributed by atoms with van der Waals surface area (Å²) in [5.74, 6) is 0.196. The Hall–Kier alpha value is -0.360. The monoisotopic (exact) mass is 323 g/mol. The van der Waals surface area contributed by atoms with Crippen LogP contribution >= 0.6 is 36.2 Å². The quantitative estimate of drug-likeness (QED) is 0.862. The van der Waals surface area contributed by atoms with E-state index in [0.29, 0.717) is 12.1 Å². The lowest BCUT2D eigenvalue weighted by molar-refractivity contribution is 0.0684. The van der Waals surface area contributed by atoms with Gasteiger partial charge in [-0.05, 0) is 32.7 Å². The van der Waals surface area contributed by atoms with Crippen molar-refractivity contribution in [3.05, 3.63) is 16.1 Å². The molecule has 2 atom stereocenters. The zero-order valence-corrected chi connectivity index (χ0v) is 13.2. The first-order chi connectivity index (χ1) is 8.27. The van der Waals surface area contributed by atoms with Gasteiger partial charge < -0.3 is 10.2 Å². The topological polar surface area (TPSA) is 45.2 Å². The SMILES string of the molecule is Cc1ncsc1C(=O)N1C2CCNCC1CC2.Cl.Cl. The minimum absolute atomic E-state index is 0. The highest BCUT2D eigenvalue weighted by atomic mass is 35.5. The number of nitrogens with one attached hydrogen (secondary N) is 1. The lowest BCUT2D eigenvalue weighted by Crippen LogP contribution is -2.42. The van der Waals surface area contributed by atoms with Gasteiger partial charge in [0.25, 0.3) is 5.91 Å². The van der Waals surface area contributed by atoms with Crippen LogP contribution in [0.2, 0.25) is 0 Å². The van der Waals surface area contributed by atoms with Gasteiger partial charge in [-0.1, -0.05) is 0 Å². The van der Waals surface area contributed by atoms with Gasteiger partial charge >= 0.3 is 0 Å². The number of carbonyl (C=O) groups is 1. The predicted octanol–water partition coefficient (Wildman–Crippen LogP) is 2.26. The summed E-state index contributed by atoms with van der Waals surface area (Å²) in [4.78, 5) is 19.7. The van der Waals surface area contributed by atoms with E-state index in [9.17, 15) is 4.79 Å². The summed E-state index contributed by atoms with van der Waals surface area (Å²) in [6.07, 6.45) is 3.39. The molecule has 1 amide bonds. The first-order valence-corrected chi connectivity index (χ1v) is 7.09. The van der Waals surface area contributed by atoms with Crippen molar-refractivity contribution in [1.82, 2.24) is 15.2 Å². The summed E-state index contributed by atoms with van der Waals surface area (Å²) < 4.78 is 0. The molecule has 0 saturated carbocycles. The molecule has 3 rings (SSSR count). The second-order valence-electron chi connectivity index (χ2n) is 4.86. The second kappa shape index (κ2) is 6.88. The molecule has 2 fully saturated rings. The fraction of sp³-hybridized carbons (Fsp3) is 0.667.